The molecule has 21 heavy (non-hydrogen) atoms. The third-order valence-corrected chi connectivity index (χ3v) is 4.43. The van der Waals surface area contributed by atoms with Crippen LogP contribution in [0.2, 0.25) is 0 Å². The van der Waals surface area contributed by atoms with Crippen LogP contribution in [0.5, 0.6) is 0 Å². The number of Topliss-reactive ketones (excluding diaryl/α,β-unsaturated/α-hetero) is 1. The number of ketones is 1. The molecule has 0 radical (unpaired) electrons. The van der Waals surface area contributed by atoms with Crippen LogP contribution in [0, 0.1) is 18.7 Å². The molecule has 108 valence electrons. The smallest absolute Gasteiger partial charge is 0.166 e. The van der Waals surface area contributed by atoms with Gasteiger partial charge in [0.1, 0.15) is 5.82 Å². The second kappa shape index (κ2) is 5.80. The van der Waals surface area contributed by atoms with Gasteiger partial charge in [0.2, 0.25) is 0 Å². The topological polar surface area (TPSA) is 17.1 Å². The van der Waals surface area contributed by atoms with Crippen LogP contribution in [-0.4, -0.2) is 5.78 Å². The van der Waals surface area contributed by atoms with Gasteiger partial charge in [-0.15, -0.1) is 0 Å². The molecule has 1 aliphatic rings. The van der Waals surface area contributed by atoms with E-state index >= 15 is 0 Å². The zero-order valence-corrected chi connectivity index (χ0v) is 12.2. The molecule has 3 rings (SSSR count). The largest absolute Gasteiger partial charge is 0.294 e. The van der Waals surface area contributed by atoms with Gasteiger partial charge in [-0.2, -0.15) is 0 Å². The molecule has 1 unspecified atom stereocenters. The summed E-state index contributed by atoms with van der Waals surface area (Å²) < 4.78 is 13.4. The maximum Gasteiger partial charge on any atom is 0.166 e. The van der Waals surface area contributed by atoms with Crippen molar-refractivity contribution < 1.29 is 9.18 Å². The lowest BCUT2D eigenvalue weighted by atomic mass is 9.88. The van der Waals surface area contributed by atoms with Crippen LogP contribution in [0.3, 0.4) is 0 Å². The molecule has 0 amide bonds. The van der Waals surface area contributed by atoms with Gasteiger partial charge in [0.25, 0.3) is 0 Å². The summed E-state index contributed by atoms with van der Waals surface area (Å²) in [6.07, 6.45) is 3.49. The zero-order valence-electron chi connectivity index (χ0n) is 12.2. The van der Waals surface area contributed by atoms with Crippen molar-refractivity contribution in [1.29, 1.82) is 0 Å². The molecule has 0 bridgehead atoms. The molecular weight excluding hydrogens is 263 g/mol. The van der Waals surface area contributed by atoms with Crippen LogP contribution in [0.1, 0.15) is 39.9 Å². The van der Waals surface area contributed by atoms with Crippen molar-refractivity contribution in [3.05, 3.63) is 70.5 Å². The van der Waals surface area contributed by atoms with Crippen LogP contribution in [-0.2, 0) is 12.8 Å². The summed E-state index contributed by atoms with van der Waals surface area (Å²) in [6.45, 7) is 1.98. The Hall–Kier alpha value is -1.96. The molecule has 0 saturated heterocycles. The molecule has 1 atom stereocenters. The Morgan fingerprint density at radius 2 is 2.00 bits per heavy atom. The van der Waals surface area contributed by atoms with Gasteiger partial charge in [0.15, 0.2) is 5.78 Å². The Kier molecular flexibility index (Phi) is 3.87. The molecule has 2 aromatic rings. The average Bonchev–Trinajstić information content (AvgIpc) is 2.64. The van der Waals surface area contributed by atoms with E-state index in [1.54, 1.807) is 12.1 Å². The molecule has 0 aliphatic heterocycles. The molecule has 1 aliphatic carbocycles. The van der Waals surface area contributed by atoms with Crippen LogP contribution in [0.25, 0.3) is 0 Å². The van der Waals surface area contributed by atoms with Gasteiger partial charge >= 0.3 is 0 Å². The number of benzene rings is 2. The van der Waals surface area contributed by atoms with Crippen molar-refractivity contribution in [1.82, 2.24) is 0 Å². The highest BCUT2D eigenvalue weighted by Gasteiger charge is 2.25. The first-order valence-corrected chi connectivity index (χ1v) is 7.52. The lowest BCUT2D eigenvalue weighted by molar-refractivity contribution is 0.0915. The highest BCUT2D eigenvalue weighted by molar-refractivity contribution is 5.99. The van der Waals surface area contributed by atoms with E-state index in [0.717, 1.165) is 41.5 Å². The Bertz CT molecular complexity index is 675. The first-order chi connectivity index (χ1) is 10.1. The molecule has 0 N–H and O–H groups in total. The fourth-order valence-corrected chi connectivity index (χ4v) is 3.19. The molecule has 1 nitrogen and oxygen atoms in total. The Balaban J connectivity index is 1.89. The first kappa shape index (κ1) is 14.0. The molecule has 0 fully saturated rings. The summed E-state index contributed by atoms with van der Waals surface area (Å²) >= 11 is 0. The fourth-order valence-electron chi connectivity index (χ4n) is 3.19. The van der Waals surface area contributed by atoms with Gasteiger partial charge in [-0.3, -0.25) is 4.79 Å². The Labute approximate surface area is 124 Å². The lowest BCUT2D eigenvalue weighted by Crippen LogP contribution is -2.17. The van der Waals surface area contributed by atoms with Gasteiger partial charge in [0.05, 0.1) is 0 Å². The van der Waals surface area contributed by atoms with E-state index in [9.17, 15) is 9.18 Å². The number of fused-ring (bicyclic) bond motifs is 1. The van der Waals surface area contributed by atoms with E-state index in [4.69, 9.17) is 0 Å². The predicted octanol–water partition coefficient (Wildman–Crippen LogP) is 4.51. The first-order valence-electron chi connectivity index (χ1n) is 7.52. The Morgan fingerprint density at radius 3 is 2.86 bits per heavy atom. The highest BCUT2D eigenvalue weighted by atomic mass is 19.1. The van der Waals surface area contributed by atoms with Crippen molar-refractivity contribution in [2.75, 3.05) is 0 Å². The van der Waals surface area contributed by atoms with Gasteiger partial charge in [-0.25, -0.2) is 4.39 Å². The SMILES string of the molecule is Cc1ccc(F)cc1CC1CCCc2ccccc2C1=O. The van der Waals surface area contributed by atoms with Gasteiger partial charge in [-0.1, -0.05) is 30.3 Å². The van der Waals surface area contributed by atoms with E-state index in [1.165, 1.54) is 6.07 Å². The van der Waals surface area contributed by atoms with Crippen LogP contribution < -0.4 is 0 Å². The second-order valence-corrected chi connectivity index (χ2v) is 5.89. The summed E-state index contributed by atoms with van der Waals surface area (Å²) in [5.74, 6) is -0.0435. The summed E-state index contributed by atoms with van der Waals surface area (Å²) in [6, 6.07) is 12.7. The molecule has 0 spiro atoms. The number of carbonyl (C=O) groups excluding carboxylic acids is 1. The maximum absolute atomic E-state index is 13.4. The molecule has 2 heteroatoms. The maximum atomic E-state index is 13.4. The monoisotopic (exact) mass is 282 g/mol. The number of hydrogen-bond acceptors (Lipinski definition) is 1. The minimum atomic E-state index is -0.225. The average molecular weight is 282 g/mol. The van der Waals surface area contributed by atoms with E-state index in [0.29, 0.717) is 6.42 Å². The van der Waals surface area contributed by atoms with Gasteiger partial charge in [0, 0.05) is 11.5 Å². The van der Waals surface area contributed by atoms with Gasteiger partial charge < -0.3 is 0 Å². The van der Waals surface area contributed by atoms with Crippen molar-refractivity contribution >= 4 is 5.78 Å². The highest BCUT2D eigenvalue weighted by Crippen LogP contribution is 2.28. The summed E-state index contributed by atoms with van der Waals surface area (Å²) in [4.78, 5) is 12.7. The molecule has 0 heterocycles. The van der Waals surface area contributed by atoms with E-state index in [1.807, 2.05) is 31.2 Å². The molecule has 0 saturated carbocycles. The van der Waals surface area contributed by atoms with Gasteiger partial charge in [-0.05, 0) is 61.4 Å². The quantitative estimate of drug-likeness (QED) is 0.741. The Morgan fingerprint density at radius 1 is 1.19 bits per heavy atom. The van der Waals surface area contributed by atoms with Crippen molar-refractivity contribution in [2.24, 2.45) is 5.92 Å². The van der Waals surface area contributed by atoms with Crippen molar-refractivity contribution in [3.8, 4) is 0 Å². The minimum Gasteiger partial charge on any atom is -0.294 e. The number of hydrogen-bond donors (Lipinski definition) is 0. The number of halogens is 1. The second-order valence-electron chi connectivity index (χ2n) is 5.89. The number of rotatable bonds is 2. The fraction of sp³-hybridized carbons (Fsp3) is 0.316. The van der Waals surface area contributed by atoms with E-state index in [2.05, 4.69) is 0 Å². The van der Waals surface area contributed by atoms with Crippen LogP contribution >= 0.6 is 0 Å². The summed E-state index contributed by atoms with van der Waals surface area (Å²) in [5, 5.41) is 0. The third-order valence-electron chi connectivity index (χ3n) is 4.43. The normalized spacial score (nSPS) is 18.2. The van der Waals surface area contributed by atoms with Crippen LogP contribution in [0.4, 0.5) is 4.39 Å². The molecular formula is C19H19FO. The summed E-state index contributed by atoms with van der Waals surface area (Å²) in [5.41, 5.74) is 4.02. The number of carbonyl (C=O) groups is 1. The standard InChI is InChI=1S/C19H19FO/c1-13-9-10-17(20)12-16(13)11-15-7-4-6-14-5-2-3-8-18(14)19(15)21/h2-3,5,8-10,12,15H,4,6-7,11H2,1H3. The van der Waals surface area contributed by atoms with E-state index < -0.39 is 0 Å². The van der Waals surface area contributed by atoms with Crippen molar-refractivity contribution in [2.45, 2.75) is 32.6 Å². The van der Waals surface area contributed by atoms with Crippen molar-refractivity contribution in [3.63, 3.8) is 0 Å². The summed E-state index contributed by atoms with van der Waals surface area (Å²) in [7, 11) is 0. The third kappa shape index (κ3) is 2.90. The van der Waals surface area contributed by atoms with E-state index in [-0.39, 0.29) is 17.5 Å². The van der Waals surface area contributed by atoms with Crippen LogP contribution in [0.15, 0.2) is 42.5 Å². The number of aryl methyl sites for hydroxylation is 2. The zero-order chi connectivity index (χ0) is 14.8. The molecule has 2 aromatic carbocycles. The predicted molar refractivity (Wildman–Crippen MR) is 82.0 cm³/mol. The molecule has 0 aromatic heterocycles. The minimum absolute atomic E-state index is 0.0332. The lowest BCUT2D eigenvalue weighted by Gasteiger charge is -2.15.